The van der Waals surface area contributed by atoms with E-state index in [-0.39, 0.29) is 22.4 Å². The van der Waals surface area contributed by atoms with Gasteiger partial charge in [0.15, 0.2) is 9.84 Å². The largest absolute Gasteiger partial charge is 0.398 e. The Morgan fingerprint density at radius 1 is 1.53 bits per heavy atom. The summed E-state index contributed by atoms with van der Waals surface area (Å²) in [6.45, 7) is 2.01. The van der Waals surface area contributed by atoms with Crippen LogP contribution < -0.4 is 5.73 Å². The average Bonchev–Trinajstić information content (AvgIpc) is 2.31. The summed E-state index contributed by atoms with van der Waals surface area (Å²) in [7, 11) is -1.49. The third kappa shape index (κ3) is 3.68. The van der Waals surface area contributed by atoms with Crippen molar-refractivity contribution >= 4 is 31.5 Å². The molecular weight excluding hydrogens is 332 g/mol. The van der Waals surface area contributed by atoms with Gasteiger partial charge in [0.2, 0.25) is 0 Å². The Balaban J connectivity index is 2.20. The number of nitrogens with zero attached hydrogens (tertiary/aromatic N) is 1. The van der Waals surface area contributed by atoms with Crippen LogP contribution >= 0.6 is 15.9 Å². The van der Waals surface area contributed by atoms with Gasteiger partial charge in [0, 0.05) is 17.6 Å². The molecule has 1 heterocycles. The summed E-state index contributed by atoms with van der Waals surface area (Å²) in [4.78, 5) is 2.23. The molecule has 0 spiro atoms. The van der Waals surface area contributed by atoms with Gasteiger partial charge in [-0.25, -0.2) is 8.42 Å². The lowest BCUT2D eigenvalue weighted by atomic mass is 10.3. The standard InChI is InChI=1S/C12H17BrN2O3S/c1-15-4-5-18-10(7-15)8-19(16,17)12-6-9(13)2-3-11(12)14/h2-3,6,10H,4-5,7-8,14H2,1H3. The fraction of sp³-hybridized carbons (Fsp3) is 0.500. The molecule has 19 heavy (non-hydrogen) atoms. The number of ether oxygens (including phenoxy) is 1. The van der Waals surface area contributed by atoms with Gasteiger partial charge in [-0.2, -0.15) is 0 Å². The fourth-order valence-corrected chi connectivity index (χ4v) is 4.20. The van der Waals surface area contributed by atoms with Crippen LogP contribution in [0.25, 0.3) is 0 Å². The Morgan fingerprint density at radius 2 is 2.26 bits per heavy atom. The van der Waals surface area contributed by atoms with Crippen molar-refractivity contribution in [3.63, 3.8) is 0 Å². The number of anilines is 1. The zero-order chi connectivity index (χ0) is 14.0. The normalized spacial score (nSPS) is 21.5. The molecule has 0 aromatic heterocycles. The minimum atomic E-state index is -3.44. The smallest absolute Gasteiger partial charge is 0.183 e. The van der Waals surface area contributed by atoms with Gasteiger partial charge in [-0.15, -0.1) is 0 Å². The molecule has 1 aromatic carbocycles. The molecule has 1 atom stereocenters. The summed E-state index contributed by atoms with van der Waals surface area (Å²) in [6.07, 6.45) is -0.304. The van der Waals surface area contributed by atoms with Crippen molar-refractivity contribution in [1.29, 1.82) is 0 Å². The van der Waals surface area contributed by atoms with Crippen molar-refractivity contribution in [3.05, 3.63) is 22.7 Å². The van der Waals surface area contributed by atoms with Crippen molar-refractivity contribution in [1.82, 2.24) is 4.90 Å². The number of sulfone groups is 1. The van der Waals surface area contributed by atoms with Gasteiger partial charge in [0.1, 0.15) is 0 Å². The van der Waals surface area contributed by atoms with Gasteiger partial charge in [-0.05, 0) is 25.2 Å². The molecule has 1 saturated heterocycles. The Labute approximate surface area is 121 Å². The first-order valence-corrected chi connectivity index (χ1v) is 8.41. The molecule has 1 fully saturated rings. The van der Waals surface area contributed by atoms with E-state index < -0.39 is 9.84 Å². The predicted molar refractivity (Wildman–Crippen MR) is 77.8 cm³/mol. The summed E-state index contributed by atoms with van der Waals surface area (Å²) in [5, 5.41) is 0. The van der Waals surface area contributed by atoms with E-state index in [2.05, 4.69) is 20.8 Å². The van der Waals surface area contributed by atoms with Gasteiger partial charge in [-0.3, -0.25) is 0 Å². The fourth-order valence-electron chi connectivity index (χ4n) is 2.08. The van der Waals surface area contributed by atoms with E-state index in [0.717, 1.165) is 6.54 Å². The molecule has 1 unspecified atom stereocenters. The maximum Gasteiger partial charge on any atom is 0.183 e. The Morgan fingerprint density at radius 3 is 2.95 bits per heavy atom. The van der Waals surface area contributed by atoms with Crippen LogP contribution in [0.4, 0.5) is 5.69 Å². The minimum Gasteiger partial charge on any atom is -0.398 e. The summed E-state index contributed by atoms with van der Waals surface area (Å²) in [5.74, 6) is -0.0437. The average molecular weight is 349 g/mol. The molecule has 2 rings (SSSR count). The van der Waals surface area contributed by atoms with Crippen molar-refractivity contribution in [3.8, 4) is 0 Å². The number of morpholine rings is 1. The van der Waals surface area contributed by atoms with Crippen molar-refractivity contribution in [2.24, 2.45) is 0 Å². The summed E-state index contributed by atoms with van der Waals surface area (Å²) in [5.41, 5.74) is 6.03. The van der Waals surface area contributed by atoms with E-state index in [9.17, 15) is 8.42 Å². The quantitative estimate of drug-likeness (QED) is 0.829. The van der Waals surface area contributed by atoms with Crippen LogP contribution in [0.1, 0.15) is 0 Å². The molecule has 1 aliphatic heterocycles. The topological polar surface area (TPSA) is 72.6 Å². The molecule has 2 N–H and O–H groups in total. The van der Waals surface area contributed by atoms with Crippen LogP contribution in [-0.4, -0.2) is 51.9 Å². The van der Waals surface area contributed by atoms with Crippen molar-refractivity contribution in [2.75, 3.05) is 38.2 Å². The molecule has 7 heteroatoms. The lowest BCUT2D eigenvalue weighted by Gasteiger charge is -2.29. The van der Waals surface area contributed by atoms with Crippen LogP contribution in [0.3, 0.4) is 0 Å². The number of benzene rings is 1. The highest BCUT2D eigenvalue weighted by Gasteiger charge is 2.27. The van der Waals surface area contributed by atoms with E-state index >= 15 is 0 Å². The van der Waals surface area contributed by atoms with Crippen LogP contribution in [0.5, 0.6) is 0 Å². The predicted octanol–water partition coefficient (Wildman–Crippen LogP) is 1.14. The number of likely N-dealkylation sites (N-methyl/N-ethyl adjacent to an activating group) is 1. The Bertz CT molecular complexity index is 562. The molecule has 106 valence electrons. The van der Waals surface area contributed by atoms with Gasteiger partial charge >= 0.3 is 0 Å². The third-order valence-corrected chi connectivity index (χ3v) is 5.39. The summed E-state index contributed by atoms with van der Waals surface area (Å²) < 4.78 is 31.0. The van der Waals surface area contributed by atoms with Crippen LogP contribution in [0.15, 0.2) is 27.6 Å². The van der Waals surface area contributed by atoms with Crippen LogP contribution in [0, 0.1) is 0 Å². The summed E-state index contributed by atoms with van der Waals surface area (Å²) in [6, 6.07) is 4.85. The lowest BCUT2D eigenvalue weighted by Crippen LogP contribution is -2.43. The van der Waals surface area contributed by atoms with Crippen LogP contribution in [-0.2, 0) is 14.6 Å². The maximum absolute atomic E-state index is 12.4. The minimum absolute atomic E-state index is 0.0437. The van der Waals surface area contributed by atoms with Gasteiger partial charge in [-0.1, -0.05) is 15.9 Å². The zero-order valence-corrected chi connectivity index (χ0v) is 13.1. The number of hydrogen-bond acceptors (Lipinski definition) is 5. The zero-order valence-electron chi connectivity index (χ0n) is 10.7. The highest BCUT2D eigenvalue weighted by atomic mass is 79.9. The molecule has 0 radical (unpaired) electrons. The van der Waals surface area contributed by atoms with Crippen molar-refractivity contribution < 1.29 is 13.2 Å². The molecule has 1 aliphatic rings. The number of nitrogens with two attached hydrogens (primary N) is 1. The Hall–Kier alpha value is -0.630. The van der Waals surface area contributed by atoms with Crippen LogP contribution in [0.2, 0.25) is 0 Å². The van der Waals surface area contributed by atoms with Gasteiger partial charge in [0.25, 0.3) is 0 Å². The monoisotopic (exact) mass is 348 g/mol. The van der Waals surface area contributed by atoms with Gasteiger partial charge < -0.3 is 15.4 Å². The van der Waals surface area contributed by atoms with E-state index in [1.165, 1.54) is 6.07 Å². The number of hydrogen-bond donors (Lipinski definition) is 1. The third-order valence-electron chi connectivity index (χ3n) is 3.06. The first-order valence-electron chi connectivity index (χ1n) is 5.96. The number of nitrogen functional groups attached to an aromatic ring is 1. The molecule has 0 saturated carbocycles. The lowest BCUT2D eigenvalue weighted by molar-refractivity contribution is -0.00680. The molecule has 0 aliphatic carbocycles. The highest BCUT2D eigenvalue weighted by Crippen LogP contribution is 2.25. The molecule has 0 amide bonds. The van der Waals surface area contributed by atoms with E-state index in [0.29, 0.717) is 17.6 Å². The second-order valence-electron chi connectivity index (χ2n) is 4.72. The maximum atomic E-state index is 12.4. The van der Waals surface area contributed by atoms with E-state index in [1.54, 1.807) is 12.1 Å². The first-order chi connectivity index (χ1) is 8.88. The molecular formula is C12H17BrN2O3S. The molecule has 1 aromatic rings. The highest BCUT2D eigenvalue weighted by molar-refractivity contribution is 9.10. The second kappa shape index (κ2) is 5.78. The van der Waals surface area contributed by atoms with Gasteiger partial charge in [0.05, 0.1) is 29.0 Å². The van der Waals surface area contributed by atoms with E-state index in [4.69, 9.17) is 10.5 Å². The Kier molecular flexibility index (Phi) is 4.50. The molecule has 0 bridgehead atoms. The van der Waals surface area contributed by atoms with E-state index in [1.807, 2.05) is 7.05 Å². The SMILES string of the molecule is CN1CCOC(CS(=O)(=O)c2cc(Br)ccc2N)C1. The van der Waals surface area contributed by atoms with Crippen molar-refractivity contribution in [2.45, 2.75) is 11.0 Å². The second-order valence-corrected chi connectivity index (χ2v) is 7.64. The summed E-state index contributed by atoms with van der Waals surface area (Å²) >= 11 is 3.26. The molecule has 5 nitrogen and oxygen atoms in total. The number of halogens is 1. The number of rotatable bonds is 3. The first kappa shape index (κ1) is 14.8.